The maximum atomic E-state index is 11.8. The van der Waals surface area contributed by atoms with Gasteiger partial charge in [-0.15, -0.1) is 0 Å². The molecule has 0 aliphatic carbocycles. The van der Waals surface area contributed by atoms with Gasteiger partial charge in [0.1, 0.15) is 11.4 Å². The second kappa shape index (κ2) is 8.14. The molecule has 0 atom stereocenters. The minimum Gasteiger partial charge on any atom is -0.494 e. The molecule has 0 aliphatic rings. The standard InChI is InChI=1S/C16H15ClN2O4/c17-12-7-9-13(10-8-12)23-11-3-6-16(20)18-14-4-1-2-5-15(14)19(21)22/h1-2,4-5,7-10H,3,6,11H2,(H,18,20). The number of nitrogens with one attached hydrogen (secondary N) is 1. The number of benzene rings is 2. The zero-order valence-electron chi connectivity index (χ0n) is 12.2. The zero-order chi connectivity index (χ0) is 16.7. The lowest BCUT2D eigenvalue weighted by molar-refractivity contribution is -0.383. The highest BCUT2D eigenvalue weighted by Crippen LogP contribution is 2.23. The van der Waals surface area contributed by atoms with Crippen LogP contribution in [0.5, 0.6) is 5.75 Å². The molecule has 1 N–H and O–H groups in total. The average Bonchev–Trinajstić information content (AvgIpc) is 2.53. The first-order valence-corrected chi connectivity index (χ1v) is 7.35. The molecule has 0 saturated carbocycles. The summed E-state index contributed by atoms with van der Waals surface area (Å²) in [6.45, 7) is 0.367. The van der Waals surface area contributed by atoms with Crippen LogP contribution in [0.2, 0.25) is 5.02 Å². The van der Waals surface area contributed by atoms with Crippen LogP contribution in [0.15, 0.2) is 48.5 Å². The zero-order valence-corrected chi connectivity index (χ0v) is 13.0. The van der Waals surface area contributed by atoms with Crippen molar-refractivity contribution in [3.8, 4) is 5.75 Å². The number of ether oxygens (including phenoxy) is 1. The van der Waals surface area contributed by atoms with E-state index in [1.54, 1.807) is 36.4 Å². The number of para-hydroxylation sites is 2. The Kier molecular flexibility index (Phi) is 5.94. The molecule has 6 nitrogen and oxygen atoms in total. The van der Waals surface area contributed by atoms with Gasteiger partial charge in [-0.05, 0) is 36.8 Å². The first-order chi connectivity index (χ1) is 11.1. The van der Waals surface area contributed by atoms with Crippen LogP contribution in [0.3, 0.4) is 0 Å². The topological polar surface area (TPSA) is 81.5 Å². The number of halogens is 1. The number of nitro benzene ring substituents is 1. The molecule has 1 amide bonds. The summed E-state index contributed by atoms with van der Waals surface area (Å²) in [6, 6.07) is 13.0. The average molecular weight is 335 g/mol. The maximum absolute atomic E-state index is 11.8. The van der Waals surface area contributed by atoms with Crippen LogP contribution < -0.4 is 10.1 Å². The van der Waals surface area contributed by atoms with E-state index in [-0.39, 0.29) is 23.7 Å². The Morgan fingerprint density at radius 2 is 1.87 bits per heavy atom. The lowest BCUT2D eigenvalue weighted by atomic mass is 10.2. The van der Waals surface area contributed by atoms with Gasteiger partial charge in [-0.3, -0.25) is 14.9 Å². The lowest BCUT2D eigenvalue weighted by Gasteiger charge is -2.07. The summed E-state index contributed by atoms with van der Waals surface area (Å²) in [7, 11) is 0. The van der Waals surface area contributed by atoms with E-state index in [4.69, 9.17) is 16.3 Å². The highest BCUT2D eigenvalue weighted by atomic mass is 35.5. The van der Waals surface area contributed by atoms with Crippen molar-refractivity contribution in [3.63, 3.8) is 0 Å². The van der Waals surface area contributed by atoms with E-state index in [1.165, 1.54) is 12.1 Å². The van der Waals surface area contributed by atoms with Crippen molar-refractivity contribution in [1.29, 1.82) is 0 Å². The summed E-state index contributed by atoms with van der Waals surface area (Å²) in [4.78, 5) is 22.2. The van der Waals surface area contributed by atoms with Crippen LogP contribution in [-0.2, 0) is 4.79 Å². The minimum atomic E-state index is -0.529. The smallest absolute Gasteiger partial charge is 0.292 e. The first kappa shape index (κ1) is 16.8. The molecule has 0 fully saturated rings. The highest BCUT2D eigenvalue weighted by Gasteiger charge is 2.14. The molecule has 0 bridgehead atoms. The fraction of sp³-hybridized carbons (Fsp3) is 0.188. The van der Waals surface area contributed by atoms with Crippen molar-refractivity contribution in [2.45, 2.75) is 12.8 Å². The molecule has 0 heterocycles. The molecule has 2 aromatic carbocycles. The van der Waals surface area contributed by atoms with Gasteiger partial charge in [-0.2, -0.15) is 0 Å². The van der Waals surface area contributed by atoms with Crippen molar-refractivity contribution in [2.24, 2.45) is 0 Å². The van der Waals surface area contributed by atoms with Crippen molar-refractivity contribution < 1.29 is 14.5 Å². The van der Waals surface area contributed by atoms with Crippen LogP contribution in [0.1, 0.15) is 12.8 Å². The Hall–Kier alpha value is -2.60. The Labute approximate surface area is 138 Å². The van der Waals surface area contributed by atoms with Gasteiger partial charge >= 0.3 is 0 Å². The van der Waals surface area contributed by atoms with Gasteiger partial charge in [0.05, 0.1) is 11.5 Å². The Morgan fingerprint density at radius 1 is 1.17 bits per heavy atom. The van der Waals surface area contributed by atoms with Crippen molar-refractivity contribution in [2.75, 3.05) is 11.9 Å². The van der Waals surface area contributed by atoms with Crippen LogP contribution in [0, 0.1) is 10.1 Å². The first-order valence-electron chi connectivity index (χ1n) is 6.98. The fourth-order valence-electron chi connectivity index (χ4n) is 1.90. The number of carbonyl (C=O) groups is 1. The van der Waals surface area contributed by atoms with Gasteiger partial charge in [0.2, 0.25) is 5.91 Å². The third-order valence-corrected chi connectivity index (χ3v) is 3.26. The molecule has 0 radical (unpaired) electrons. The molecular formula is C16H15ClN2O4. The summed E-state index contributed by atoms with van der Waals surface area (Å²) in [6.07, 6.45) is 0.703. The predicted octanol–water partition coefficient (Wildman–Crippen LogP) is 4.05. The van der Waals surface area contributed by atoms with E-state index < -0.39 is 4.92 Å². The number of nitrogens with zero attached hydrogens (tertiary/aromatic N) is 1. The molecule has 0 aromatic heterocycles. The molecule has 2 aromatic rings. The summed E-state index contributed by atoms with van der Waals surface area (Å²) < 4.78 is 5.48. The van der Waals surface area contributed by atoms with E-state index in [9.17, 15) is 14.9 Å². The lowest BCUT2D eigenvalue weighted by Crippen LogP contribution is -2.13. The van der Waals surface area contributed by atoms with E-state index >= 15 is 0 Å². The summed E-state index contributed by atoms with van der Waals surface area (Å²) in [5, 5.41) is 14.0. The van der Waals surface area contributed by atoms with E-state index in [0.717, 1.165) is 0 Å². The Morgan fingerprint density at radius 3 is 2.57 bits per heavy atom. The number of rotatable bonds is 7. The van der Waals surface area contributed by atoms with Gasteiger partial charge in [0, 0.05) is 17.5 Å². The molecule has 0 spiro atoms. The molecule has 120 valence electrons. The summed E-state index contributed by atoms with van der Waals surface area (Å²) in [5.41, 5.74) is 0.0689. The number of carbonyl (C=O) groups excluding carboxylic acids is 1. The largest absolute Gasteiger partial charge is 0.494 e. The van der Waals surface area contributed by atoms with Gasteiger partial charge in [0.25, 0.3) is 5.69 Å². The molecule has 0 unspecified atom stereocenters. The van der Waals surface area contributed by atoms with Crippen molar-refractivity contribution >= 4 is 28.9 Å². The van der Waals surface area contributed by atoms with E-state index in [2.05, 4.69) is 5.32 Å². The van der Waals surface area contributed by atoms with E-state index in [1.807, 2.05) is 0 Å². The van der Waals surface area contributed by atoms with E-state index in [0.29, 0.717) is 23.8 Å². The number of hydrogen-bond acceptors (Lipinski definition) is 4. The number of hydrogen-bond donors (Lipinski definition) is 1. The van der Waals surface area contributed by atoms with Crippen LogP contribution in [0.4, 0.5) is 11.4 Å². The molecule has 0 saturated heterocycles. The second-order valence-electron chi connectivity index (χ2n) is 4.73. The predicted molar refractivity (Wildman–Crippen MR) is 87.9 cm³/mol. The SMILES string of the molecule is O=C(CCCOc1ccc(Cl)cc1)Nc1ccccc1[N+](=O)[O-]. The molecule has 0 aliphatic heterocycles. The summed E-state index contributed by atoms with van der Waals surface area (Å²) >= 11 is 5.77. The highest BCUT2D eigenvalue weighted by molar-refractivity contribution is 6.30. The van der Waals surface area contributed by atoms with Gasteiger partial charge in [-0.1, -0.05) is 23.7 Å². The number of amides is 1. The van der Waals surface area contributed by atoms with Crippen LogP contribution in [0.25, 0.3) is 0 Å². The van der Waals surface area contributed by atoms with Crippen LogP contribution in [-0.4, -0.2) is 17.4 Å². The molecule has 2 rings (SSSR count). The Bertz CT molecular complexity index is 689. The van der Waals surface area contributed by atoms with Gasteiger partial charge in [-0.25, -0.2) is 0 Å². The third kappa shape index (κ3) is 5.27. The molecular weight excluding hydrogens is 320 g/mol. The second-order valence-corrected chi connectivity index (χ2v) is 5.16. The number of nitro groups is 1. The Balaban J connectivity index is 1.77. The quantitative estimate of drug-likeness (QED) is 0.470. The van der Waals surface area contributed by atoms with Gasteiger partial charge < -0.3 is 10.1 Å². The monoisotopic (exact) mass is 334 g/mol. The summed E-state index contributed by atoms with van der Waals surface area (Å²) in [5.74, 6) is 0.382. The van der Waals surface area contributed by atoms with Crippen molar-refractivity contribution in [1.82, 2.24) is 0 Å². The third-order valence-electron chi connectivity index (χ3n) is 3.01. The number of anilines is 1. The van der Waals surface area contributed by atoms with Crippen molar-refractivity contribution in [3.05, 3.63) is 63.7 Å². The molecule has 7 heteroatoms. The van der Waals surface area contributed by atoms with Gasteiger partial charge in [0.15, 0.2) is 0 Å². The molecule has 23 heavy (non-hydrogen) atoms. The normalized spacial score (nSPS) is 10.1. The minimum absolute atomic E-state index is 0.127. The maximum Gasteiger partial charge on any atom is 0.292 e. The fourth-order valence-corrected chi connectivity index (χ4v) is 2.03. The van der Waals surface area contributed by atoms with Crippen LogP contribution >= 0.6 is 11.6 Å².